The van der Waals surface area contributed by atoms with Crippen molar-refractivity contribution in [2.45, 2.75) is 13.0 Å². The van der Waals surface area contributed by atoms with E-state index in [1.54, 1.807) is 7.11 Å². The number of carbonyl (C=O) groups is 1. The molecule has 0 radical (unpaired) electrons. The number of hydrogen-bond donors (Lipinski definition) is 1. The van der Waals surface area contributed by atoms with Crippen molar-refractivity contribution in [2.75, 3.05) is 7.11 Å². The van der Waals surface area contributed by atoms with E-state index in [0.717, 1.165) is 15.8 Å². The normalized spacial score (nSPS) is 11.9. The average molecular weight is 431 g/mol. The smallest absolute Gasteiger partial charge is 0.252 e. The second kappa shape index (κ2) is 7.24. The van der Waals surface area contributed by atoms with Crippen molar-refractivity contribution in [1.29, 1.82) is 0 Å². The van der Waals surface area contributed by atoms with Gasteiger partial charge in [-0.25, -0.2) is 4.39 Å². The molecule has 0 aromatic heterocycles. The molecule has 3 nitrogen and oxygen atoms in total. The molecular formula is C16H14Br2FNO2. The van der Waals surface area contributed by atoms with E-state index in [4.69, 9.17) is 4.74 Å². The predicted molar refractivity (Wildman–Crippen MR) is 90.7 cm³/mol. The Morgan fingerprint density at radius 3 is 2.50 bits per heavy atom. The van der Waals surface area contributed by atoms with Crippen LogP contribution in [0.1, 0.15) is 28.9 Å². The Hall–Kier alpha value is -1.40. The zero-order valence-electron chi connectivity index (χ0n) is 12.0. The van der Waals surface area contributed by atoms with E-state index in [2.05, 4.69) is 37.2 Å². The summed E-state index contributed by atoms with van der Waals surface area (Å²) in [6.45, 7) is 1.88. The van der Waals surface area contributed by atoms with Crippen LogP contribution in [0.25, 0.3) is 0 Å². The monoisotopic (exact) mass is 429 g/mol. The molecule has 1 atom stereocenters. The van der Waals surface area contributed by atoms with Crippen LogP contribution in [0.15, 0.2) is 45.3 Å². The zero-order valence-corrected chi connectivity index (χ0v) is 15.2. The molecule has 0 spiro atoms. The summed E-state index contributed by atoms with van der Waals surface area (Å²) >= 11 is 6.62. The van der Waals surface area contributed by atoms with Gasteiger partial charge in [0.05, 0.1) is 23.2 Å². The van der Waals surface area contributed by atoms with Crippen molar-refractivity contribution in [1.82, 2.24) is 5.32 Å². The van der Waals surface area contributed by atoms with Crippen LogP contribution in [-0.2, 0) is 0 Å². The summed E-state index contributed by atoms with van der Waals surface area (Å²) in [5, 5.41) is 2.88. The summed E-state index contributed by atoms with van der Waals surface area (Å²) in [6.07, 6.45) is 0. The van der Waals surface area contributed by atoms with Gasteiger partial charge in [-0.2, -0.15) is 0 Å². The molecule has 2 aromatic carbocycles. The van der Waals surface area contributed by atoms with Crippen molar-refractivity contribution >= 4 is 37.8 Å². The molecule has 0 saturated heterocycles. The molecule has 2 aromatic rings. The molecule has 0 bridgehead atoms. The highest BCUT2D eigenvalue weighted by molar-refractivity contribution is 9.10. The Kier molecular flexibility index (Phi) is 5.58. The molecule has 6 heteroatoms. The van der Waals surface area contributed by atoms with Gasteiger partial charge in [-0.1, -0.05) is 6.07 Å². The van der Waals surface area contributed by atoms with Gasteiger partial charge in [0.2, 0.25) is 0 Å². The first-order valence-electron chi connectivity index (χ1n) is 6.51. The van der Waals surface area contributed by atoms with Crippen LogP contribution in [-0.4, -0.2) is 13.0 Å². The second-order valence-electron chi connectivity index (χ2n) is 4.71. The first-order valence-corrected chi connectivity index (χ1v) is 8.10. The Labute approximate surface area is 145 Å². The van der Waals surface area contributed by atoms with E-state index >= 15 is 0 Å². The minimum Gasteiger partial charge on any atom is -0.496 e. The van der Waals surface area contributed by atoms with Crippen LogP contribution >= 0.6 is 31.9 Å². The van der Waals surface area contributed by atoms with E-state index < -0.39 is 5.82 Å². The van der Waals surface area contributed by atoms with Crippen molar-refractivity contribution < 1.29 is 13.9 Å². The van der Waals surface area contributed by atoms with Crippen molar-refractivity contribution in [3.63, 3.8) is 0 Å². The average Bonchev–Trinajstić information content (AvgIpc) is 2.46. The highest BCUT2D eigenvalue weighted by atomic mass is 79.9. The first-order chi connectivity index (χ1) is 10.4. The number of methoxy groups -OCH3 is 1. The van der Waals surface area contributed by atoms with E-state index in [1.807, 2.05) is 25.1 Å². The molecule has 1 unspecified atom stereocenters. The fourth-order valence-electron chi connectivity index (χ4n) is 1.98. The fourth-order valence-corrected chi connectivity index (χ4v) is 3.07. The predicted octanol–water partition coefficient (Wildman–Crippen LogP) is 4.85. The summed E-state index contributed by atoms with van der Waals surface area (Å²) in [4.78, 5) is 12.3. The lowest BCUT2D eigenvalue weighted by atomic mass is 10.1. The molecule has 1 N–H and O–H groups in total. The van der Waals surface area contributed by atoms with Crippen LogP contribution in [0.5, 0.6) is 5.75 Å². The summed E-state index contributed by atoms with van der Waals surface area (Å²) in [7, 11) is 1.59. The van der Waals surface area contributed by atoms with Crippen LogP contribution in [0, 0.1) is 5.82 Å². The highest BCUT2D eigenvalue weighted by Gasteiger charge is 2.15. The third kappa shape index (κ3) is 3.87. The van der Waals surface area contributed by atoms with Gasteiger partial charge in [0.15, 0.2) is 0 Å². The van der Waals surface area contributed by atoms with Gasteiger partial charge in [-0.05, 0) is 74.7 Å². The SMILES string of the molecule is COc1ccc(C(C)NC(=O)c2ccc(F)cc2Br)cc1Br. The molecule has 0 fully saturated rings. The lowest BCUT2D eigenvalue weighted by Gasteiger charge is -2.16. The fraction of sp³-hybridized carbons (Fsp3) is 0.188. The van der Waals surface area contributed by atoms with Gasteiger partial charge >= 0.3 is 0 Å². The molecule has 0 saturated carbocycles. The van der Waals surface area contributed by atoms with E-state index in [1.165, 1.54) is 18.2 Å². The van der Waals surface area contributed by atoms with Gasteiger partial charge in [0, 0.05) is 4.47 Å². The standard InChI is InChI=1S/C16H14Br2FNO2/c1-9(10-3-6-15(22-2)14(18)7-10)20-16(21)12-5-4-11(19)8-13(12)17/h3-9H,1-2H3,(H,20,21). The van der Waals surface area contributed by atoms with Crippen LogP contribution < -0.4 is 10.1 Å². The molecule has 0 aliphatic heterocycles. The lowest BCUT2D eigenvalue weighted by Crippen LogP contribution is -2.27. The highest BCUT2D eigenvalue weighted by Crippen LogP contribution is 2.28. The van der Waals surface area contributed by atoms with Crippen molar-refractivity contribution in [3.8, 4) is 5.75 Å². The lowest BCUT2D eigenvalue weighted by molar-refractivity contribution is 0.0939. The van der Waals surface area contributed by atoms with Crippen LogP contribution in [0.4, 0.5) is 4.39 Å². The third-order valence-electron chi connectivity index (χ3n) is 3.20. The number of benzene rings is 2. The number of ether oxygens (including phenoxy) is 1. The Morgan fingerprint density at radius 1 is 1.18 bits per heavy atom. The topological polar surface area (TPSA) is 38.3 Å². The summed E-state index contributed by atoms with van der Waals surface area (Å²) in [6, 6.07) is 9.38. The molecule has 116 valence electrons. The van der Waals surface area contributed by atoms with Crippen molar-refractivity contribution in [2.24, 2.45) is 0 Å². The maximum absolute atomic E-state index is 13.1. The van der Waals surface area contributed by atoms with Gasteiger partial charge < -0.3 is 10.1 Å². The molecule has 0 aliphatic rings. The van der Waals surface area contributed by atoms with Gasteiger partial charge in [0.25, 0.3) is 5.91 Å². The maximum atomic E-state index is 13.1. The first kappa shape index (κ1) is 17.0. The van der Waals surface area contributed by atoms with Crippen LogP contribution in [0.3, 0.4) is 0 Å². The number of rotatable bonds is 4. The molecule has 0 heterocycles. The molecule has 2 rings (SSSR count). The summed E-state index contributed by atoms with van der Waals surface area (Å²) in [5.41, 5.74) is 1.32. The summed E-state index contributed by atoms with van der Waals surface area (Å²) < 4.78 is 19.5. The minimum atomic E-state index is -0.393. The molecule has 22 heavy (non-hydrogen) atoms. The van der Waals surface area contributed by atoms with Crippen molar-refractivity contribution in [3.05, 3.63) is 62.3 Å². The van der Waals surface area contributed by atoms with E-state index in [0.29, 0.717) is 10.0 Å². The third-order valence-corrected chi connectivity index (χ3v) is 4.48. The Bertz CT molecular complexity index is 707. The quantitative estimate of drug-likeness (QED) is 0.752. The number of halogens is 3. The number of carbonyl (C=O) groups excluding carboxylic acids is 1. The second-order valence-corrected chi connectivity index (χ2v) is 6.42. The number of nitrogens with one attached hydrogen (secondary N) is 1. The number of hydrogen-bond acceptors (Lipinski definition) is 2. The summed E-state index contributed by atoms with van der Waals surface area (Å²) in [5.74, 6) is 0.0606. The Balaban J connectivity index is 2.15. The Morgan fingerprint density at radius 2 is 1.91 bits per heavy atom. The minimum absolute atomic E-state index is 0.202. The molecular weight excluding hydrogens is 417 g/mol. The van der Waals surface area contributed by atoms with E-state index in [-0.39, 0.29) is 11.9 Å². The molecule has 1 amide bonds. The van der Waals surface area contributed by atoms with Gasteiger partial charge in [-0.3, -0.25) is 4.79 Å². The molecule has 0 aliphatic carbocycles. The van der Waals surface area contributed by atoms with Gasteiger partial charge in [0.1, 0.15) is 11.6 Å². The largest absolute Gasteiger partial charge is 0.496 e. The van der Waals surface area contributed by atoms with E-state index in [9.17, 15) is 9.18 Å². The zero-order chi connectivity index (χ0) is 16.3. The number of amides is 1. The van der Waals surface area contributed by atoms with Crippen LogP contribution in [0.2, 0.25) is 0 Å². The maximum Gasteiger partial charge on any atom is 0.252 e. The van der Waals surface area contributed by atoms with Gasteiger partial charge in [-0.15, -0.1) is 0 Å².